The third kappa shape index (κ3) is 4.55. The van der Waals surface area contributed by atoms with E-state index in [0.29, 0.717) is 25.2 Å². The van der Waals surface area contributed by atoms with Gasteiger partial charge in [0.05, 0.1) is 32.0 Å². The summed E-state index contributed by atoms with van der Waals surface area (Å²) in [7, 11) is 2.52. The van der Waals surface area contributed by atoms with Gasteiger partial charge in [-0.05, 0) is 31.0 Å². The largest absolute Gasteiger partial charge is 0.494 e. The van der Waals surface area contributed by atoms with Crippen LogP contribution in [-0.2, 0) is 9.47 Å². The van der Waals surface area contributed by atoms with Gasteiger partial charge in [-0.1, -0.05) is 0 Å². The predicted molar refractivity (Wildman–Crippen MR) is 70.9 cm³/mol. The number of unbranched alkanes of at least 4 members (excludes halogenated alkanes) is 1. The highest BCUT2D eigenvalue weighted by Gasteiger charge is 2.14. The molecule has 0 saturated carbocycles. The lowest BCUT2D eigenvalue weighted by Gasteiger charge is -2.09. The number of ether oxygens (including phenoxy) is 3. The van der Waals surface area contributed by atoms with Crippen molar-refractivity contribution in [2.75, 3.05) is 27.4 Å². The average Bonchev–Trinajstić information content (AvgIpc) is 2.49. The van der Waals surface area contributed by atoms with Crippen LogP contribution in [0.2, 0.25) is 0 Å². The molecular formula is C14H18O6. The summed E-state index contributed by atoms with van der Waals surface area (Å²) in [6.07, 6.45) is 1.30. The van der Waals surface area contributed by atoms with Crippen LogP contribution >= 0.6 is 0 Å². The average molecular weight is 282 g/mol. The molecule has 0 radical (unpaired) electrons. The van der Waals surface area contributed by atoms with Crippen LogP contribution < -0.4 is 4.74 Å². The number of aliphatic hydroxyl groups excluding tert-OH is 1. The second-order valence-corrected chi connectivity index (χ2v) is 4.01. The van der Waals surface area contributed by atoms with Crippen LogP contribution in [0.15, 0.2) is 18.2 Å². The first-order valence-corrected chi connectivity index (χ1v) is 6.17. The van der Waals surface area contributed by atoms with Gasteiger partial charge in [0, 0.05) is 6.61 Å². The smallest absolute Gasteiger partial charge is 0.338 e. The van der Waals surface area contributed by atoms with Crippen LogP contribution in [0.4, 0.5) is 0 Å². The molecule has 6 nitrogen and oxygen atoms in total. The number of carbonyl (C=O) groups excluding carboxylic acids is 2. The molecule has 0 spiro atoms. The van der Waals surface area contributed by atoms with Gasteiger partial charge >= 0.3 is 11.9 Å². The number of methoxy groups -OCH3 is 2. The molecule has 110 valence electrons. The molecule has 6 heteroatoms. The predicted octanol–water partition coefficient (Wildman–Crippen LogP) is 1.41. The Kier molecular flexibility index (Phi) is 6.52. The van der Waals surface area contributed by atoms with Crippen molar-refractivity contribution >= 4 is 11.9 Å². The minimum Gasteiger partial charge on any atom is -0.494 e. The summed E-state index contributed by atoms with van der Waals surface area (Å²) in [4.78, 5) is 23.1. The first kappa shape index (κ1) is 16.0. The lowest BCUT2D eigenvalue weighted by Crippen LogP contribution is -2.08. The van der Waals surface area contributed by atoms with Crippen molar-refractivity contribution in [3.05, 3.63) is 29.3 Å². The van der Waals surface area contributed by atoms with Crippen LogP contribution in [0.3, 0.4) is 0 Å². The van der Waals surface area contributed by atoms with E-state index < -0.39 is 11.9 Å². The minimum absolute atomic E-state index is 0.0962. The topological polar surface area (TPSA) is 82.1 Å². The van der Waals surface area contributed by atoms with Crippen molar-refractivity contribution in [1.29, 1.82) is 0 Å². The maximum Gasteiger partial charge on any atom is 0.338 e. The Morgan fingerprint density at radius 3 is 2.00 bits per heavy atom. The molecule has 0 bridgehead atoms. The molecule has 0 unspecified atom stereocenters. The zero-order valence-corrected chi connectivity index (χ0v) is 11.5. The van der Waals surface area contributed by atoms with Gasteiger partial charge in [0.25, 0.3) is 0 Å². The lowest BCUT2D eigenvalue weighted by atomic mass is 10.1. The van der Waals surface area contributed by atoms with Gasteiger partial charge in [0.1, 0.15) is 5.75 Å². The van der Waals surface area contributed by atoms with E-state index in [1.54, 1.807) is 0 Å². The first-order valence-electron chi connectivity index (χ1n) is 6.17. The highest BCUT2D eigenvalue weighted by atomic mass is 16.5. The Hall–Kier alpha value is -2.08. The summed E-state index contributed by atoms with van der Waals surface area (Å²) in [6, 6.07) is 4.38. The third-order valence-electron chi connectivity index (χ3n) is 2.57. The molecule has 0 aliphatic rings. The third-order valence-corrected chi connectivity index (χ3v) is 2.57. The minimum atomic E-state index is -0.559. The number of hydrogen-bond donors (Lipinski definition) is 1. The standard InChI is InChI=1S/C14H18O6/c1-18-13(16)10-7-11(14(17)19-2)9-12(8-10)20-6-4-3-5-15/h7-9,15H,3-6H2,1-2H3. The van der Waals surface area contributed by atoms with E-state index in [4.69, 9.17) is 9.84 Å². The molecule has 1 aromatic rings. The summed E-state index contributed by atoms with van der Waals surface area (Å²) in [5.74, 6) is -0.738. The molecule has 0 aromatic heterocycles. The van der Waals surface area contributed by atoms with Crippen LogP contribution in [-0.4, -0.2) is 44.5 Å². The van der Waals surface area contributed by atoms with E-state index >= 15 is 0 Å². The molecular weight excluding hydrogens is 264 g/mol. The van der Waals surface area contributed by atoms with Gasteiger partial charge < -0.3 is 19.3 Å². The maximum atomic E-state index is 11.5. The van der Waals surface area contributed by atoms with Crippen molar-refractivity contribution in [3.63, 3.8) is 0 Å². The van der Waals surface area contributed by atoms with E-state index in [1.165, 1.54) is 32.4 Å². The van der Waals surface area contributed by atoms with Gasteiger partial charge in [-0.3, -0.25) is 0 Å². The van der Waals surface area contributed by atoms with Crippen molar-refractivity contribution in [2.24, 2.45) is 0 Å². The molecule has 0 fully saturated rings. The van der Waals surface area contributed by atoms with E-state index in [-0.39, 0.29) is 17.7 Å². The van der Waals surface area contributed by atoms with Gasteiger partial charge in [0.15, 0.2) is 0 Å². The summed E-state index contributed by atoms with van der Waals surface area (Å²) >= 11 is 0. The fraction of sp³-hybridized carbons (Fsp3) is 0.429. The number of carbonyl (C=O) groups is 2. The molecule has 1 N–H and O–H groups in total. The number of rotatable bonds is 7. The van der Waals surface area contributed by atoms with Gasteiger partial charge in [0.2, 0.25) is 0 Å². The summed E-state index contributed by atoms with van der Waals surface area (Å²) < 4.78 is 14.7. The molecule has 0 heterocycles. The summed E-state index contributed by atoms with van der Waals surface area (Å²) in [5, 5.41) is 8.68. The highest BCUT2D eigenvalue weighted by molar-refractivity contribution is 5.96. The van der Waals surface area contributed by atoms with Crippen LogP contribution in [0.5, 0.6) is 5.75 Å². The molecule has 20 heavy (non-hydrogen) atoms. The molecule has 1 rings (SSSR count). The molecule has 0 aliphatic carbocycles. The monoisotopic (exact) mass is 282 g/mol. The number of hydrogen-bond acceptors (Lipinski definition) is 6. The van der Waals surface area contributed by atoms with E-state index in [1.807, 2.05) is 0 Å². The molecule has 0 aliphatic heterocycles. The van der Waals surface area contributed by atoms with Gasteiger partial charge in [-0.25, -0.2) is 9.59 Å². The van der Waals surface area contributed by atoms with Crippen LogP contribution in [0.25, 0.3) is 0 Å². The van der Waals surface area contributed by atoms with Gasteiger partial charge in [-0.2, -0.15) is 0 Å². The first-order chi connectivity index (χ1) is 9.62. The normalized spacial score (nSPS) is 9.95. The van der Waals surface area contributed by atoms with Gasteiger partial charge in [-0.15, -0.1) is 0 Å². The number of benzene rings is 1. The van der Waals surface area contributed by atoms with Crippen molar-refractivity contribution in [3.8, 4) is 5.75 Å². The molecule has 0 amide bonds. The fourth-order valence-corrected chi connectivity index (χ4v) is 1.56. The van der Waals surface area contributed by atoms with Crippen molar-refractivity contribution in [1.82, 2.24) is 0 Å². The Balaban J connectivity index is 2.91. The van der Waals surface area contributed by atoms with E-state index in [0.717, 1.165) is 0 Å². The molecule has 0 saturated heterocycles. The molecule has 0 atom stereocenters. The number of aliphatic hydroxyl groups is 1. The Bertz CT molecular complexity index is 434. The second kappa shape index (κ2) is 8.16. The Morgan fingerprint density at radius 1 is 1.00 bits per heavy atom. The lowest BCUT2D eigenvalue weighted by molar-refractivity contribution is 0.0598. The van der Waals surface area contributed by atoms with E-state index in [2.05, 4.69) is 9.47 Å². The maximum absolute atomic E-state index is 11.5. The second-order valence-electron chi connectivity index (χ2n) is 4.01. The zero-order valence-electron chi connectivity index (χ0n) is 11.5. The highest BCUT2D eigenvalue weighted by Crippen LogP contribution is 2.19. The van der Waals surface area contributed by atoms with Crippen LogP contribution in [0, 0.1) is 0 Å². The zero-order chi connectivity index (χ0) is 15.0. The van der Waals surface area contributed by atoms with Crippen molar-refractivity contribution in [2.45, 2.75) is 12.8 Å². The van der Waals surface area contributed by atoms with Crippen molar-refractivity contribution < 1.29 is 28.9 Å². The SMILES string of the molecule is COC(=O)c1cc(OCCCCO)cc(C(=O)OC)c1. The summed E-state index contributed by atoms with van der Waals surface area (Å²) in [6.45, 7) is 0.477. The van der Waals surface area contributed by atoms with E-state index in [9.17, 15) is 9.59 Å². The molecule has 1 aromatic carbocycles. The van der Waals surface area contributed by atoms with Crippen LogP contribution in [0.1, 0.15) is 33.6 Å². The number of esters is 2. The Labute approximate surface area is 117 Å². The summed E-state index contributed by atoms with van der Waals surface area (Å²) in [5.41, 5.74) is 0.431. The quantitative estimate of drug-likeness (QED) is 0.601. The Morgan fingerprint density at radius 2 is 1.55 bits per heavy atom. The fourth-order valence-electron chi connectivity index (χ4n) is 1.56.